The highest BCUT2D eigenvalue weighted by molar-refractivity contribution is 7.90. The molecule has 0 bridgehead atoms. The third kappa shape index (κ3) is 6.12. The van der Waals surface area contributed by atoms with Crippen LogP contribution in [0, 0.1) is 12.7 Å². The molecule has 41 heavy (non-hydrogen) atoms. The molecular formula is C27H26F3N7O3S. The first kappa shape index (κ1) is 28.4. The average Bonchev–Trinajstić information content (AvgIpc) is 2.92. The van der Waals surface area contributed by atoms with Crippen molar-refractivity contribution in [2.24, 2.45) is 5.73 Å². The second-order valence-electron chi connectivity index (χ2n) is 9.93. The summed E-state index contributed by atoms with van der Waals surface area (Å²) in [6, 6.07) is 7.27. The molecule has 0 saturated carbocycles. The Morgan fingerprint density at radius 2 is 1.90 bits per heavy atom. The predicted octanol–water partition coefficient (Wildman–Crippen LogP) is 3.04. The number of nitrogens with two attached hydrogens (primary N) is 1. The topological polar surface area (TPSA) is 144 Å². The minimum Gasteiger partial charge on any atom is -0.350 e. The van der Waals surface area contributed by atoms with E-state index in [1.54, 1.807) is 31.3 Å². The Balaban J connectivity index is 1.37. The summed E-state index contributed by atoms with van der Waals surface area (Å²) in [6.45, 7) is 1.11. The summed E-state index contributed by atoms with van der Waals surface area (Å²) in [5, 5.41) is 3.36. The van der Waals surface area contributed by atoms with Crippen molar-refractivity contribution in [1.29, 1.82) is 0 Å². The Kier molecular flexibility index (Phi) is 7.38. The molecule has 5 heterocycles. The fourth-order valence-electron chi connectivity index (χ4n) is 4.51. The molecular weight excluding hydrogens is 559 g/mol. The van der Waals surface area contributed by atoms with Crippen LogP contribution in [0.2, 0.25) is 0 Å². The molecule has 4 aromatic rings. The van der Waals surface area contributed by atoms with Crippen molar-refractivity contribution in [3.8, 4) is 11.4 Å². The first-order valence-electron chi connectivity index (χ1n) is 12.6. The van der Waals surface area contributed by atoms with E-state index >= 15 is 0 Å². The minimum absolute atomic E-state index is 0.0104. The van der Waals surface area contributed by atoms with Crippen molar-refractivity contribution in [3.05, 3.63) is 71.6 Å². The summed E-state index contributed by atoms with van der Waals surface area (Å²) in [5.41, 5.74) is 7.33. The van der Waals surface area contributed by atoms with Crippen molar-refractivity contribution >= 4 is 32.5 Å². The van der Waals surface area contributed by atoms with Crippen molar-refractivity contribution in [2.45, 2.75) is 36.7 Å². The number of rotatable bonds is 6. The second kappa shape index (κ2) is 10.7. The van der Waals surface area contributed by atoms with E-state index in [0.29, 0.717) is 28.0 Å². The normalized spacial score (nSPS) is 17.0. The highest BCUT2D eigenvalue weighted by Gasteiger charge is 2.43. The number of carbonyl (C=O) groups excluding carboxylic acids is 1. The molecule has 4 aromatic heterocycles. The quantitative estimate of drug-likeness (QED) is 0.349. The van der Waals surface area contributed by atoms with Gasteiger partial charge in [0.2, 0.25) is 0 Å². The van der Waals surface area contributed by atoms with Crippen molar-refractivity contribution in [1.82, 2.24) is 25.3 Å². The number of halogens is 3. The number of amides is 1. The standard InChI is InChI=1S/C27H26F3N7O3S/c1-15-23(41(2,39)40)7-17(12-32-15)26(38)34-13-19-10-21-16(11-33-19)3-4-20(35-21)22-8-18(28)9-25(36-22)37-6-5-24(31)27(29,30)14-37/h3-4,7-12,24H,5-6,13-14,31H2,1-2H3,(H,34,38). The molecule has 0 spiro atoms. The van der Waals surface area contributed by atoms with Crippen LogP contribution in [-0.2, 0) is 16.4 Å². The Morgan fingerprint density at radius 1 is 1.12 bits per heavy atom. The lowest BCUT2D eigenvalue weighted by molar-refractivity contribution is -0.0301. The Hall–Kier alpha value is -4.17. The SMILES string of the molecule is Cc1ncc(C(=O)NCc2cc3nc(-c4cc(F)cc(N5CCC(N)C(F)(F)C5)n4)ccc3cn2)cc1S(C)(=O)=O. The lowest BCUT2D eigenvalue weighted by Crippen LogP contribution is -2.55. The first-order valence-corrected chi connectivity index (χ1v) is 14.5. The predicted molar refractivity (Wildman–Crippen MR) is 146 cm³/mol. The van der Waals surface area contributed by atoms with Gasteiger partial charge in [-0.3, -0.25) is 14.8 Å². The molecule has 214 valence electrons. The summed E-state index contributed by atoms with van der Waals surface area (Å²) < 4.78 is 66.9. The molecule has 10 nitrogen and oxygen atoms in total. The van der Waals surface area contributed by atoms with Gasteiger partial charge in [-0.2, -0.15) is 0 Å². The largest absolute Gasteiger partial charge is 0.350 e. The number of hydrogen-bond acceptors (Lipinski definition) is 9. The second-order valence-corrected chi connectivity index (χ2v) is 11.9. The molecule has 1 unspecified atom stereocenters. The molecule has 1 amide bonds. The lowest BCUT2D eigenvalue weighted by Gasteiger charge is -2.37. The number of aryl methyl sites for hydroxylation is 1. The number of carbonyl (C=O) groups is 1. The molecule has 0 aliphatic carbocycles. The van der Waals surface area contributed by atoms with Crippen LogP contribution in [0.3, 0.4) is 0 Å². The molecule has 1 aliphatic rings. The van der Waals surface area contributed by atoms with Crippen LogP contribution < -0.4 is 16.0 Å². The molecule has 0 radical (unpaired) electrons. The highest BCUT2D eigenvalue weighted by Crippen LogP contribution is 2.30. The summed E-state index contributed by atoms with van der Waals surface area (Å²) >= 11 is 0. The van der Waals surface area contributed by atoms with E-state index < -0.39 is 40.1 Å². The average molecular weight is 586 g/mol. The summed E-state index contributed by atoms with van der Waals surface area (Å²) in [5.74, 6) is -4.24. The maximum absolute atomic E-state index is 14.5. The van der Waals surface area contributed by atoms with Crippen molar-refractivity contribution < 1.29 is 26.4 Å². The number of anilines is 1. The lowest BCUT2D eigenvalue weighted by atomic mass is 10.0. The maximum atomic E-state index is 14.5. The van der Waals surface area contributed by atoms with E-state index in [2.05, 4.69) is 25.3 Å². The number of pyridine rings is 4. The molecule has 14 heteroatoms. The van der Waals surface area contributed by atoms with Gasteiger partial charge in [0.25, 0.3) is 11.8 Å². The minimum atomic E-state index is -3.56. The zero-order valence-electron chi connectivity index (χ0n) is 22.1. The number of alkyl halides is 2. The number of aromatic nitrogens is 4. The number of hydrogen-bond donors (Lipinski definition) is 2. The summed E-state index contributed by atoms with van der Waals surface area (Å²) in [7, 11) is -3.56. The molecule has 3 N–H and O–H groups in total. The van der Waals surface area contributed by atoms with Gasteiger partial charge in [0.15, 0.2) is 9.84 Å². The Morgan fingerprint density at radius 3 is 2.63 bits per heavy atom. The first-order chi connectivity index (χ1) is 19.3. The summed E-state index contributed by atoms with van der Waals surface area (Å²) in [4.78, 5) is 31.2. The van der Waals surface area contributed by atoms with E-state index in [1.165, 1.54) is 23.2 Å². The van der Waals surface area contributed by atoms with Crippen LogP contribution in [0.15, 0.2) is 53.7 Å². The number of nitrogens with zero attached hydrogens (tertiary/aromatic N) is 5. The zero-order chi connectivity index (χ0) is 29.5. The number of fused-ring (bicyclic) bond motifs is 1. The van der Waals surface area contributed by atoms with Gasteiger partial charge in [-0.05, 0) is 37.6 Å². The van der Waals surface area contributed by atoms with Gasteiger partial charge in [-0.1, -0.05) is 0 Å². The van der Waals surface area contributed by atoms with Crippen LogP contribution >= 0.6 is 0 Å². The van der Waals surface area contributed by atoms with Crippen LogP contribution in [-0.4, -0.2) is 65.6 Å². The van der Waals surface area contributed by atoms with Gasteiger partial charge in [0.05, 0.1) is 57.9 Å². The Bertz CT molecular complexity index is 1770. The smallest absolute Gasteiger partial charge is 0.280 e. The van der Waals surface area contributed by atoms with Crippen LogP contribution in [0.5, 0.6) is 0 Å². The number of nitrogens with one attached hydrogen (secondary N) is 1. The number of piperidine rings is 1. The van der Waals surface area contributed by atoms with E-state index in [-0.39, 0.29) is 41.5 Å². The van der Waals surface area contributed by atoms with Gasteiger partial charge >= 0.3 is 0 Å². The zero-order valence-corrected chi connectivity index (χ0v) is 22.9. The van der Waals surface area contributed by atoms with Gasteiger partial charge in [0.1, 0.15) is 11.6 Å². The molecule has 1 aliphatic heterocycles. The van der Waals surface area contributed by atoms with Gasteiger partial charge in [0, 0.05) is 42.7 Å². The molecule has 1 saturated heterocycles. The van der Waals surface area contributed by atoms with Gasteiger partial charge < -0.3 is 16.0 Å². The monoisotopic (exact) mass is 585 g/mol. The van der Waals surface area contributed by atoms with Crippen LogP contribution in [0.1, 0.15) is 28.2 Å². The van der Waals surface area contributed by atoms with Crippen molar-refractivity contribution in [2.75, 3.05) is 24.2 Å². The highest BCUT2D eigenvalue weighted by atomic mass is 32.2. The number of sulfone groups is 1. The molecule has 1 atom stereocenters. The molecule has 0 aromatic carbocycles. The van der Waals surface area contributed by atoms with E-state index in [0.717, 1.165) is 12.3 Å². The van der Waals surface area contributed by atoms with Crippen LogP contribution in [0.25, 0.3) is 22.3 Å². The fourth-order valence-corrected chi connectivity index (χ4v) is 5.44. The molecule has 5 rings (SSSR count). The summed E-state index contributed by atoms with van der Waals surface area (Å²) in [6.07, 6.45) is 3.94. The van der Waals surface area contributed by atoms with Gasteiger partial charge in [-0.15, -0.1) is 0 Å². The third-order valence-corrected chi connectivity index (χ3v) is 7.99. The fraction of sp³-hybridized carbons (Fsp3) is 0.296. The maximum Gasteiger partial charge on any atom is 0.280 e. The van der Waals surface area contributed by atoms with E-state index in [9.17, 15) is 26.4 Å². The van der Waals surface area contributed by atoms with E-state index in [4.69, 9.17) is 5.73 Å². The van der Waals surface area contributed by atoms with Gasteiger partial charge in [-0.25, -0.2) is 31.6 Å². The van der Waals surface area contributed by atoms with E-state index in [1.807, 2.05) is 0 Å². The Labute approximate surface area is 233 Å². The molecule has 1 fully saturated rings. The third-order valence-electron chi connectivity index (χ3n) is 6.78. The van der Waals surface area contributed by atoms with Crippen LogP contribution in [0.4, 0.5) is 19.0 Å². The van der Waals surface area contributed by atoms with Crippen molar-refractivity contribution in [3.63, 3.8) is 0 Å².